The third-order valence-corrected chi connectivity index (χ3v) is 6.84. The van der Waals surface area contributed by atoms with Gasteiger partial charge >= 0.3 is 0 Å². The van der Waals surface area contributed by atoms with Gasteiger partial charge in [0.05, 0.1) is 18.3 Å². The van der Waals surface area contributed by atoms with Crippen LogP contribution in [0.25, 0.3) is 21.8 Å². The van der Waals surface area contributed by atoms with Crippen LogP contribution in [0.4, 0.5) is 4.39 Å². The van der Waals surface area contributed by atoms with E-state index in [1.165, 1.54) is 17.4 Å². The van der Waals surface area contributed by atoms with Gasteiger partial charge in [-0.2, -0.15) is 5.10 Å². The zero-order chi connectivity index (χ0) is 23.7. The fourth-order valence-electron chi connectivity index (χ4n) is 4.48. The Balaban J connectivity index is 1.46. The third-order valence-electron chi connectivity index (χ3n) is 6.08. The van der Waals surface area contributed by atoms with Crippen molar-refractivity contribution in [3.05, 3.63) is 96.7 Å². The number of halogens is 1. The summed E-state index contributed by atoms with van der Waals surface area (Å²) in [5, 5.41) is 6.54. The molecule has 6 nitrogen and oxygen atoms in total. The van der Waals surface area contributed by atoms with E-state index in [0.29, 0.717) is 35.0 Å². The molecule has 1 amide bonds. The highest BCUT2D eigenvalue weighted by Crippen LogP contribution is 2.31. The molecule has 1 fully saturated rings. The van der Waals surface area contributed by atoms with Gasteiger partial charge in [-0.1, -0.05) is 43.5 Å². The number of fused-ring (bicyclic) bond motifs is 1. The number of hydrogen-bond acceptors (Lipinski definition) is 4. The summed E-state index contributed by atoms with van der Waals surface area (Å²) in [6.07, 6.45) is 10.8. The zero-order valence-electron chi connectivity index (χ0n) is 18.6. The Hall–Kier alpha value is -3.78. The molecule has 34 heavy (non-hydrogen) atoms. The smallest absolute Gasteiger partial charge is 0.273 e. The number of thiazole rings is 1. The molecule has 3 aromatic heterocycles. The van der Waals surface area contributed by atoms with E-state index in [1.807, 2.05) is 39.5 Å². The number of rotatable bonds is 7. The fraction of sp³-hybridized carbons (Fsp3) is 0.192. The summed E-state index contributed by atoms with van der Waals surface area (Å²) in [5.74, 6) is -0.535. The van der Waals surface area contributed by atoms with Gasteiger partial charge in [0.25, 0.3) is 5.91 Å². The number of aromatic nitrogens is 4. The number of likely N-dealkylation sites (tertiary alicyclic amines) is 1. The number of carbonyl (C=O) groups excluding carboxylic acids is 1. The van der Waals surface area contributed by atoms with Crippen molar-refractivity contribution in [1.82, 2.24) is 24.1 Å². The second kappa shape index (κ2) is 9.23. The van der Waals surface area contributed by atoms with Gasteiger partial charge < -0.3 is 4.90 Å². The van der Waals surface area contributed by atoms with Crippen molar-refractivity contribution in [2.24, 2.45) is 0 Å². The molecule has 4 aromatic rings. The summed E-state index contributed by atoms with van der Waals surface area (Å²) in [4.78, 5) is 21.0. The van der Waals surface area contributed by atoms with E-state index < -0.39 is 5.82 Å². The first-order valence-corrected chi connectivity index (χ1v) is 12.0. The number of benzene rings is 1. The van der Waals surface area contributed by atoms with Crippen molar-refractivity contribution < 1.29 is 9.18 Å². The molecular weight excluding hydrogens is 449 g/mol. The van der Waals surface area contributed by atoms with Crippen LogP contribution >= 0.6 is 11.3 Å². The zero-order valence-corrected chi connectivity index (χ0v) is 19.4. The highest BCUT2D eigenvalue weighted by atomic mass is 32.1. The van der Waals surface area contributed by atoms with Crippen molar-refractivity contribution in [3.63, 3.8) is 0 Å². The molecular formula is C26H24FN5OS. The van der Waals surface area contributed by atoms with E-state index in [2.05, 4.69) is 23.2 Å². The second-order valence-corrected chi connectivity index (χ2v) is 9.00. The van der Waals surface area contributed by atoms with Crippen LogP contribution in [0.1, 0.15) is 29.0 Å². The lowest BCUT2D eigenvalue weighted by Gasteiger charge is -2.25. The third kappa shape index (κ3) is 3.90. The summed E-state index contributed by atoms with van der Waals surface area (Å²) in [6, 6.07) is 8.36. The van der Waals surface area contributed by atoms with Crippen LogP contribution in [0, 0.1) is 5.82 Å². The van der Waals surface area contributed by atoms with Gasteiger partial charge in [-0.3, -0.25) is 13.9 Å². The maximum Gasteiger partial charge on any atom is 0.273 e. The minimum Gasteiger partial charge on any atom is -0.332 e. The van der Waals surface area contributed by atoms with Gasteiger partial charge in [-0.15, -0.1) is 11.3 Å². The SMILES string of the molecule is C=C/C=C(\C=C)c1ccn(C[C@@H]2CCCN2C(=O)c2c(-c3ccccc3F)nc3sccn23)n1. The summed E-state index contributed by atoms with van der Waals surface area (Å²) in [6.45, 7) is 8.79. The summed E-state index contributed by atoms with van der Waals surface area (Å²) >= 11 is 1.42. The summed E-state index contributed by atoms with van der Waals surface area (Å²) in [7, 11) is 0. The fourth-order valence-corrected chi connectivity index (χ4v) is 5.19. The number of nitrogens with zero attached hydrogens (tertiary/aromatic N) is 5. The molecule has 1 aliphatic heterocycles. The second-order valence-electron chi connectivity index (χ2n) is 8.12. The Labute approximate surface area is 201 Å². The van der Waals surface area contributed by atoms with Crippen LogP contribution in [-0.4, -0.2) is 42.6 Å². The Kier molecular flexibility index (Phi) is 5.98. The normalized spacial score (nSPS) is 16.3. The van der Waals surface area contributed by atoms with Crippen molar-refractivity contribution in [1.29, 1.82) is 0 Å². The number of amides is 1. The van der Waals surface area contributed by atoms with E-state index in [1.54, 1.807) is 34.8 Å². The molecule has 0 aliphatic carbocycles. The minimum absolute atomic E-state index is 0.0199. The molecule has 8 heteroatoms. The van der Waals surface area contributed by atoms with Crippen LogP contribution in [0.2, 0.25) is 0 Å². The van der Waals surface area contributed by atoms with Gasteiger partial charge in [0.1, 0.15) is 17.2 Å². The number of allylic oxidation sites excluding steroid dienone is 4. The lowest BCUT2D eigenvalue weighted by atomic mass is 10.1. The monoisotopic (exact) mass is 473 g/mol. The van der Waals surface area contributed by atoms with Crippen LogP contribution in [-0.2, 0) is 6.54 Å². The largest absolute Gasteiger partial charge is 0.332 e. The maximum atomic E-state index is 14.6. The van der Waals surface area contributed by atoms with Crippen molar-refractivity contribution in [3.8, 4) is 11.3 Å². The lowest BCUT2D eigenvalue weighted by Crippen LogP contribution is -2.39. The first kappa shape index (κ1) is 22.0. The number of carbonyl (C=O) groups is 1. The molecule has 1 aromatic carbocycles. The topological polar surface area (TPSA) is 55.4 Å². The standard InChI is InChI=1S/C26H24FN5OS/c1-3-8-18(4-2)22-12-14-30(29-22)17-19-9-7-13-31(19)25(33)24-23(20-10-5-6-11-21(20)27)28-26-32(24)15-16-34-26/h3-6,8,10-12,14-16,19H,1-2,7,9,13,17H2/b18-8+/t19-/m0/s1. The Morgan fingerprint density at radius 3 is 2.88 bits per heavy atom. The molecule has 0 bridgehead atoms. The lowest BCUT2D eigenvalue weighted by molar-refractivity contribution is 0.0715. The van der Waals surface area contributed by atoms with E-state index in [4.69, 9.17) is 0 Å². The van der Waals surface area contributed by atoms with Crippen LogP contribution in [0.15, 0.2) is 79.5 Å². The summed E-state index contributed by atoms with van der Waals surface area (Å²) < 4.78 is 18.3. The van der Waals surface area contributed by atoms with E-state index in [9.17, 15) is 9.18 Å². The molecule has 1 atom stereocenters. The Bertz CT molecular complexity index is 1410. The van der Waals surface area contributed by atoms with Gasteiger partial charge in [0.2, 0.25) is 0 Å². The molecule has 1 aliphatic rings. The average molecular weight is 474 g/mol. The van der Waals surface area contributed by atoms with Gasteiger partial charge in [0.15, 0.2) is 4.96 Å². The molecule has 0 saturated carbocycles. The molecule has 0 N–H and O–H groups in total. The van der Waals surface area contributed by atoms with Crippen LogP contribution in [0.3, 0.4) is 0 Å². The van der Waals surface area contributed by atoms with Crippen LogP contribution in [0.5, 0.6) is 0 Å². The molecule has 0 spiro atoms. The van der Waals surface area contributed by atoms with Crippen molar-refractivity contribution >= 4 is 27.8 Å². The Morgan fingerprint density at radius 2 is 2.09 bits per heavy atom. The predicted octanol–water partition coefficient (Wildman–Crippen LogP) is 5.46. The highest BCUT2D eigenvalue weighted by molar-refractivity contribution is 7.15. The van der Waals surface area contributed by atoms with E-state index in [0.717, 1.165) is 24.1 Å². The van der Waals surface area contributed by atoms with E-state index >= 15 is 0 Å². The van der Waals surface area contributed by atoms with Gasteiger partial charge in [0, 0.05) is 35.5 Å². The van der Waals surface area contributed by atoms with Crippen LogP contribution < -0.4 is 0 Å². The molecule has 172 valence electrons. The molecule has 4 heterocycles. The first-order chi connectivity index (χ1) is 16.6. The number of imidazole rings is 1. The predicted molar refractivity (Wildman–Crippen MR) is 133 cm³/mol. The average Bonchev–Trinajstić information content (AvgIpc) is 3.62. The van der Waals surface area contributed by atoms with Crippen molar-refractivity contribution in [2.75, 3.05) is 6.54 Å². The molecule has 0 unspecified atom stereocenters. The number of hydrogen-bond donors (Lipinski definition) is 0. The van der Waals surface area contributed by atoms with Gasteiger partial charge in [-0.25, -0.2) is 9.37 Å². The van der Waals surface area contributed by atoms with Gasteiger partial charge in [-0.05, 0) is 31.0 Å². The summed E-state index contributed by atoms with van der Waals surface area (Å²) in [5.41, 5.74) is 2.81. The molecule has 1 saturated heterocycles. The first-order valence-electron chi connectivity index (χ1n) is 11.1. The quantitative estimate of drug-likeness (QED) is 0.335. The van der Waals surface area contributed by atoms with Crippen molar-refractivity contribution in [2.45, 2.75) is 25.4 Å². The molecule has 0 radical (unpaired) electrons. The molecule has 5 rings (SSSR count). The highest BCUT2D eigenvalue weighted by Gasteiger charge is 2.34. The minimum atomic E-state index is -0.394. The maximum absolute atomic E-state index is 14.6. The van der Waals surface area contributed by atoms with E-state index in [-0.39, 0.29) is 11.9 Å². The Morgan fingerprint density at radius 1 is 1.24 bits per heavy atom.